The Kier molecular flexibility index (Phi) is 3.69. The third-order valence-electron chi connectivity index (χ3n) is 4.53. The van der Waals surface area contributed by atoms with Crippen LogP contribution in [0.2, 0.25) is 0 Å². The van der Waals surface area contributed by atoms with E-state index in [9.17, 15) is 4.79 Å². The maximum absolute atomic E-state index is 13.2. The van der Waals surface area contributed by atoms with E-state index < -0.39 is 0 Å². The van der Waals surface area contributed by atoms with Crippen molar-refractivity contribution in [2.45, 2.75) is 19.1 Å². The average Bonchev–Trinajstić information content (AvgIpc) is 3.06. The van der Waals surface area contributed by atoms with Crippen molar-refractivity contribution in [3.05, 3.63) is 83.9 Å². The van der Waals surface area contributed by atoms with Gasteiger partial charge in [0.2, 0.25) is 0 Å². The van der Waals surface area contributed by atoms with Crippen molar-refractivity contribution >= 4 is 19.2 Å². The van der Waals surface area contributed by atoms with Gasteiger partial charge in [-0.15, -0.1) is 0 Å². The maximum Gasteiger partial charge on any atom is 0.250 e. The fourth-order valence-corrected chi connectivity index (χ4v) is 3.24. The molecule has 1 aromatic heterocycles. The smallest absolute Gasteiger partial charge is 0.250 e. The van der Waals surface area contributed by atoms with Crippen LogP contribution in [0.4, 0.5) is 0 Å². The highest BCUT2D eigenvalue weighted by molar-refractivity contribution is 6.32. The lowest BCUT2D eigenvalue weighted by Gasteiger charge is -2.34. The molecule has 4 rings (SSSR count). The summed E-state index contributed by atoms with van der Waals surface area (Å²) in [6, 6.07) is 18.0. The van der Waals surface area contributed by atoms with Gasteiger partial charge in [0.25, 0.3) is 5.91 Å². The van der Waals surface area contributed by atoms with Gasteiger partial charge in [0.15, 0.2) is 0 Å². The van der Waals surface area contributed by atoms with Crippen LogP contribution in [-0.4, -0.2) is 28.2 Å². The van der Waals surface area contributed by atoms with Crippen LogP contribution in [0, 0.1) is 0 Å². The lowest BCUT2D eigenvalue weighted by Crippen LogP contribution is -2.42. The molecule has 1 amide bonds. The highest BCUT2D eigenvalue weighted by atomic mass is 16.2. The SMILES string of the molecule is Bc1ccc(C2C(=O)N(Cc3ccccc3)Cc3cncn32)cc1. The molecule has 2 heterocycles. The summed E-state index contributed by atoms with van der Waals surface area (Å²) >= 11 is 0. The van der Waals surface area contributed by atoms with Gasteiger partial charge < -0.3 is 9.47 Å². The molecule has 0 saturated heterocycles. The van der Waals surface area contributed by atoms with Crippen molar-refractivity contribution in [3.63, 3.8) is 0 Å². The van der Waals surface area contributed by atoms with E-state index in [4.69, 9.17) is 0 Å². The second-order valence-electron chi connectivity index (χ2n) is 6.29. The van der Waals surface area contributed by atoms with Gasteiger partial charge in [0.05, 0.1) is 18.6 Å². The van der Waals surface area contributed by atoms with Gasteiger partial charge in [-0.2, -0.15) is 0 Å². The van der Waals surface area contributed by atoms with Gasteiger partial charge in [0, 0.05) is 12.7 Å². The van der Waals surface area contributed by atoms with Gasteiger partial charge in [0.1, 0.15) is 13.9 Å². The van der Waals surface area contributed by atoms with E-state index in [-0.39, 0.29) is 11.9 Å². The average molecular weight is 315 g/mol. The van der Waals surface area contributed by atoms with E-state index in [0.717, 1.165) is 16.8 Å². The van der Waals surface area contributed by atoms with E-state index in [2.05, 4.69) is 37.1 Å². The summed E-state index contributed by atoms with van der Waals surface area (Å²) in [4.78, 5) is 19.3. The molecular weight excluding hydrogens is 297 g/mol. The molecule has 1 aliphatic rings. The zero-order chi connectivity index (χ0) is 16.5. The Morgan fingerprint density at radius 3 is 2.58 bits per heavy atom. The maximum atomic E-state index is 13.2. The van der Waals surface area contributed by atoms with Crippen LogP contribution >= 0.6 is 0 Å². The normalized spacial score (nSPS) is 16.9. The summed E-state index contributed by atoms with van der Waals surface area (Å²) in [6.07, 6.45) is 3.61. The number of carbonyl (C=O) groups excluding carboxylic acids is 1. The quantitative estimate of drug-likeness (QED) is 0.683. The van der Waals surface area contributed by atoms with Crippen LogP contribution in [-0.2, 0) is 17.9 Å². The Morgan fingerprint density at radius 1 is 1.08 bits per heavy atom. The second kappa shape index (κ2) is 6.00. The third kappa shape index (κ3) is 2.62. The number of imidazole rings is 1. The van der Waals surface area contributed by atoms with Crippen LogP contribution in [0.3, 0.4) is 0 Å². The minimum Gasteiger partial charge on any atom is -0.330 e. The molecule has 1 unspecified atom stereocenters. The summed E-state index contributed by atoms with van der Waals surface area (Å²) in [6.45, 7) is 1.21. The van der Waals surface area contributed by atoms with Crippen molar-refractivity contribution < 1.29 is 4.79 Å². The molecule has 0 aliphatic carbocycles. The number of benzene rings is 2. The Balaban J connectivity index is 1.70. The number of hydrogen-bond acceptors (Lipinski definition) is 2. The molecule has 3 aromatic rings. The monoisotopic (exact) mass is 315 g/mol. The standard InChI is InChI=1S/C19H18BN3O/c20-16-8-6-15(7-9-16)18-19(24)22(11-14-4-2-1-3-5-14)12-17-10-21-13-23(17)18/h1-10,13,18H,11-12,20H2. The molecule has 5 heteroatoms. The minimum absolute atomic E-state index is 0.119. The molecule has 0 spiro atoms. The number of fused-ring (bicyclic) bond motifs is 1. The molecule has 0 radical (unpaired) electrons. The highest BCUT2D eigenvalue weighted by Gasteiger charge is 2.33. The van der Waals surface area contributed by atoms with Gasteiger partial charge >= 0.3 is 0 Å². The first-order valence-corrected chi connectivity index (χ1v) is 8.12. The lowest BCUT2D eigenvalue weighted by atomic mass is 9.93. The number of rotatable bonds is 3. The van der Waals surface area contributed by atoms with E-state index in [1.54, 1.807) is 6.33 Å². The first kappa shape index (κ1) is 14.8. The second-order valence-corrected chi connectivity index (χ2v) is 6.29. The molecule has 24 heavy (non-hydrogen) atoms. The fraction of sp³-hybridized carbons (Fsp3) is 0.158. The van der Waals surface area contributed by atoms with Gasteiger partial charge in [-0.25, -0.2) is 4.98 Å². The Morgan fingerprint density at radius 2 is 1.83 bits per heavy atom. The van der Waals surface area contributed by atoms with Gasteiger partial charge in [-0.3, -0.25) is 4.79 Å². The summed E-state index contributed by atoms with van der Waals surface area (Å²) in [5, 5.41) is 0. The molecule has 0 N–H and O–H groups in total. The Hall–Kier alpha value is -2.82. The Bertz CT molecular complexity index is 858. The van der Waals surface area contributed by atoms with Crippen LogP contribution < -0.4 is 5.46 Å². The summed E-state index contributed by atoms with van der Waals surface area (Å²) in [5.74, 6) is 0.119. The fourth-order valence-electron chi connectivity index (χ4n) is 3.24. The molecule has 118 valence electrons. The van der Waals surface area contributed by atoms with Crippen LogP contribution in [0.5, 0.6) is 0 Å². The van der Waals surface area contributed by atoms with Gasteiger partial charge in [-0.1, -0.05) is 60.1 Å². The van der Waals surface area contributed by atoms with E-state index in [1.807, 2.05) is 46.0 Å². The summed E-state index contributed by atoms with van der Waals surface area (Å²) in [7, 11) is 2.05. The number of carbonyl (C=O) groups is 1. The molecule has 0 saturated carbocycles. The van der Waals surface area contributed by atoms with Crippen molar-refractivity contribution in [2.24, 2.45) is 0 Å². The first-order valence-electron chi connectivity index (χ1n) is 8.12. The number of nitrogens with zero attached hydrogens (tertiary/aromatic N) is 3. The van der Waals surface area contributed by atoms with E-state index in [0.29, 0.717) is 13.1 Å². The molecular formula is C19H18BN3O. The molecule has 0 bridgehead atoms. The molecule has 2 aromatic carbocycles. The number of amides is 1. The van der Waals surface area contributed by atoms with Crippen molar-refractivity contribution in [1.29, 1.82) is 0 Å². The lowest BCUT2D eigenvalue weighted by molar-refractivity contribution is -0.136. The zero-order valence-corrected chi connectivity index (χ0v) is 13.6. The van der Waals surface area contributed by atoms with Crippen molar-refractivity contribution in [2.75, 3.05) is 0 Å². The predicted octanol–water partition coefficient (Wildman–Crippen LogP) is 1.27. The third-order valence-corrected chi connectivity index (χ3v) is 4.53. The molecule has 1 atom stereocenters. The highest BCUT2D eigenvalue weighted by Crippen LogP contribution is 2.28. The van der Waals surface area contributed by atoms with E-state index >= 15 is 0 Å². The topological polar surface area (TPSA) is 38.1 Å². The number of hydrogen-bond donors (Lipinski definition) is 0. The van der Waals surface area contributed by atoms with Crippen molar-refractivity contribution in [1.82, 2.24) is 14.5 Å². The van der Waals surface area contributed by atoms with Crippen LogP contribution in [0.1, 0.15) is 22.9 Å². The zero-order valence-electron chi connectivity index (χ0n) is 13.6. The number of aromatic nitrogens is 2. The Labute approximate surface area is 142 Å². The summed E-state index contributed by atoms with van der Waals surface area (Å²) in [5.41, 5.74) is 4.40. The first-order chi connectivity index (χ1) is 11.7. The van der Waals surface area contributed by atoms with E-state index in [1.165, 1.54) is 5.46 Å². The molecule has 1 aliphatic heterocycles. The molecule has 4 nitrogen and oxygen atoms in total. The summed E-state index contributed by atoms with van der Waals surface area (Å²) < 4.78 is 1.99. The van der Waals surface area contributed by atoms with Crippen LogP contribution in [0.25, 0.3) is 0 Å². The predicted molar refractivity (Wildman–Crippen MR) is 95.7 cm³/mol. The van der Waals surface area contributed by atoms with Crippen LogP contribution in [0.15, 0.2) is 67.1 Å². The van der Waals surface area contributed by atoms with Crippen molar-refractivity contribution in [3.8, 4) is 0 Å². The molecule has 0 fully saturated rings. The van der Waals surface area contributed by atoms with Gasteiger partial charge in [-0.05, 0) is 11.1 Å². The minimum atomic E-state index is -0.333. The largest absolute Gasteiger partial charge is 0.330 e.